The summed E-state index contributed by atoms with van der Waals surface area (Å²) in [6.07, 6.45) is 0. The van der Waals surface area contributed by atoms with Gasteiger partial charge in [0.15, 0.2) is 11.5 Å². The van der Waals surface area contributed by atoms with Crippen molar-refractivity contribution in [3.63, 3.8) is 0 Å². The minimum absolute atomic E-state index is 0.0217. The topological polar surface area (TPSA) is 50.7 Å². The average molecular weight is 259 g/mol. The van der Waals surface area contributed by atoms with E-state index in [4.69, 9.17) is 9.47 Å². The molecule has 0 aliphatic heterocycles. The highest BCUT2D eigenvalue weighted by atomic mass is 16.5. The average Bonchev–Trinajstić information content (AvgIpc) is 2.47. The minimum Gasteiger partial charge on any atom is -0.502 e. The van der Waals surface area contributed by atoms with Gasteiger partial charge in [-0.1, -0.05) is 18.2 Å². The number of rotatable bonds is 5. The van der Waals surface area contributed by atoms with Crippen LogP contribution in [-0.4, -0.2) is 19.3 Å². The third-order valence-corrected chi connectivity index (χ3v) is 2.81. The van der Waals surface area contributed by atoms with Crippen molar-refractivity contribution in [2.75, 3.05) is 19.5 Å². The molecule has 0 aromatic heterocycles. The summed E-state index contributed by atoms with van der Waals surface area (Å²) < 4.78 is 10.2. The molecule has 0 spiro atoms. The van der Waals surface area contributed by atoms with Crippen LogP contribution < -0.4 is 14.8 Å². The molecule has 0 heterocycles. The van der Waals surface area contributed by atoms with Gasteiger partial charge in [0.25, 0.3) is 0 Å². The van der Waals surface area contributed by atoms with E-state index >= 15 is 0 Å². The molecule has 0 saturated heterocycles. The summed E-state index contributed by atoms with van der Waals surface area (Å²) in [5, 5.41) is 13.1. The molecule has 0 atom stereocenters. The molecule has 4 heteroatoms. The van der Waals surface area contributed by atoms with Gasteiger partial charge in [-0.3, -0.25) is 0 Å². The van der Waals surface area contributed by atoms with Gasteiger partial charge in [0.05, 0.1) is 14.2 Å². The molecular formula is C15H17NO3. The lowest BCUT2D eigenvalue weighted by atomic mass is 10.1. The normalized spacial score (nSPS) is 10.0. The first-order valence-electron chi connectivity index (χ1n) is 5.97. The number of hydrogen-bond donors (Lipinski definition) is 2. The summed E-state index contributed by atoms with van der Waals surface area (Å²) in [6.45, 7) is 0.622. The highest BCUT2D eigenvalue weighted by molar-refractivity contribution is 5.53. The van der Waals surface area contributed by atoms with Crippen molar-refractivity contribution in [2.45, 2.75) is 6.54 Å². The first kappa shape index (κ1) is 13.1. The summed E-state index contributed by atoms with van der Waals surface area (Å²) in [7, 11) is 3.03. The molecule has 2 rings (SSSR count). The van der Waals surface area contributed by atoms with E-state index in [1.54, 1.807) is 12.1 Å². The van der Waals surface area contributed by atoms with Gasteiger partial charge in [-0.25, -0.2) is 0 Å². The van der Waals surface area contributed by atoms with Gasteiger partial charge in [0.2, 0.25) is 5.75 Å². The van der Waals surface area contributed by atoms with Crippen LogP contribution in [0.25, 0.3) is 0 Å². The summed E-state index contributed by atoms with van der Waals surface area (Å²) in [6, 6.07) is 13.5. The van der Waals surface area contributed by atoms with Crippen LogP contribution in [0.5, 0.6) is 17.2 Å². The van der Waals surface area contributed by atoms with E-state index in [1.807, 2.05) is 30.3 Å². The first-order valence-corrected chi connectivity index (χ1v) is 5.97. The van der Waals surface area contributed by atoms with E-state index < -0.39 is 0 Å². The highest BCUT2D eigenvalue weighted by Gasteiger charge is 2.10. The van der Waals surface area contributed by atoms with Gasteiger partial charge >= 0.3 is 0 Å². The third kappa shape index (κ3) is 3.10. The number of ether oxygens (including phenoxy) is 2. The second kappa shape index (κ2) is 6.00. The molecular weight excluding hydrogens is 242 g/mol. The molecule has 0 unspecified atom stereocenters. The molecule has 4 nitrogen and oxygen atoms in total. The van der Waals surface area contributed by atoms with Crippen LogP contribution in [0.3, 0.4) is 0 Å². The number of phenols is 1. The smallest absolute Gasteiger partial charge is 0.200 e. The second-order valence-corrected chi connectivity index (χ2v) is 4.07. The fraction of sp³-hybridized carbons (Fsp3) is 0.200. The van der Waals surface area contributed by atoms with Crippen LogP contribution in [0.1, 0.15) is 5.56 Å². The zero-order valence-electron chi connectivity index (χ0n) is 11.0. The Morgan fingerprint density at radius 1 is 1.00 bits per heavy atom. The number of anilines is 1. The van der Waals surface area contributed by atoms with Gasteiger partial charge in [0, 0.05) is 12.2 Å². The largest absolute Gasteiger partial charge is 0.502 e. The number of methoxy groups -OCH3 is 2. The van der Waals surface area contributed by atoms with Crippen molar-refractivity contribution in [3.8, 4) is 17.2 Å². The van der Waals surface area contributed by atoms with Gasteiger partial charge in [-0.15, -0.1) is 0 Å². The van der Waals surface area contributed by atoms with E-state index in [9.17, 15) is 5.11 Å². The standard InChI is InChI=1S/C15H17NO3/c1-18-13-8-11(9-14(19-2)15(13)17)10-16-12-6-4-3-5-7-12/h3-9,16-17H,10H2,1-2H3. The summed E-state index contributed by atoms with van der Waals surface area (Å²) in [4.78, 5) is 0. The van der Waals surface area contributed by atoms with Gasteiger partial charge < -0.3 is 19.9 Å². The van der Waals surface area contributed by atoms with Gasteiger partial charge in [-0.2, -0.15) is 0 Å². The molecule has 0 saturated carbocycles. The summed E-state index contributed by atoms with van der Waals surface area (Å²) in [5.74, 6) is 0.835. The third-order valence-electron chi connectivity index (χ3n) is 2.81. The molecule has 0 amide bonds. The van der Waals surface area contributed by atoms with Gasteiger partial charge in [-0.05, 0) is 29.8 Å². The second-order valence-electron chi connectivity index (χ2n) is 4.07. The lowest BCUT2D eigenvalue weighted by Gasteiger charge is -2.12. The Morgan fingerprint density at radius 2 is 1.58 bits per heavy atom. The fourth-order valence-electron chi connectivity index (χ4n) is 1.81. The Bertz CT molecular complexity index is 515. The van der Waals surface area contributed by atoms with Crippen molar-refractivity contribution in [3.05, 3.63) is 48.0 Å². The maximum absolute atomic E-state index is 9.83. The molecule has 0 bridgehead atoms. The monoisotopic (exact) mass is 259 g/mol. The zero-order chi connectivity index (χ0) is 13.7. The Hall–Kier alpha value is -2.36. The highest BCUT2D eigenvalue weighted by Crippen LogP contribution is 2.37. The van der Waals surface area contributed by atoms with Crippen molar-refractivity contribution in [1.82, 2.24) is 0 Å². The van der Waals surface area contributed by atoms with E-state index in [0.717, 1.165) is 11.3 Å². The molecule has 0 fully saturated rings. The maximum atomic E-state index is 9.83. The maximum Gasteiger partial charge on any atom is 0.200 e. The number of aromatic hydroxyl groups is 1. The predicted molar refractivity (Wildman–Crippen MR) is 75.0 cm³/mol. The molecule has 0 aliphatic rings. The Balaban J connectivity index is 2.16. The Labute approximate surface area is 112 Å². The van der Waals surface area contributed by atoms with Crippen LogP contribution >= 0.6 is 0 Å². The number of hydrogen-bond acceptors (Lipinski definition) is 4. The fourth-order valence-corrected chi connectivity index (χ4v) is 1.81. The van der Waals surface area contributed by atoms with Crippen molar-refractivity contribution >= 4 is 5.69 Å². The molecule has 0 aliphatic carbocycles. The van der Waals surface area contributed by atoms with Crippen LogP contribution in [0.15, 0.2) is 42.5 Å². The number of nitrogens with one attached hydrogen (secondary N) is 1. The minimum atomic E-state index is 0.0217. The Morgan fingerprint density at radius 3 is 2.11 bits per heavy atom. The molecule has 2 N–H and O–H groups in total. The lowest BCUT2D eigenvalue weighted by Crippen LogP contribution is -2.00. The van der Waals surface area contributed by atoms with Crippen LogP contribution in [-0.2, 0) is 6.54 Å². The quantitative estimate of drug-likeness (QED) is 0.866. The molecule has 0 radical (unpaired) electrons. The Kier molecular flexibility index (Phi) is 4.13. The van der Waals surface area contributed by atoms with Crippen LogP contribution in [0, 0.1) is 0 Å². The van der Waals surface area contributed by atoms with E-state index in [0.29, 0.717) is 18.0 Å². The van der Waals surface area contributed by atoms with Crippen molar-refractivity contribution < 1.29 is 14.6 Å². The van der Waals surface area contributed by atoms with Crippen LogP contribution in [0.2, 0.25) is 0 Å². The van der Waals surface area contributed by atoms with E-state index in [1.165, 1.54) is 14.2 Å². The first-order chi connectivity index (χ1) is 9.24. The zero-order valence-corrected chi connectivity index (χ0v) is 11.0. The predicted octanol–water partition coefficient (Wildman–Crippen LogP) is 3.02. The summed E-state index contributed by atoms with van der Waals surface area (Å²) in [5.41, 5.74) is 2.00. The number of phenolic OH excluding ortho intramolecular Hbond substituents is 1. The molecule has 100 valence electrons. The molecule has 19 heavy (non-hydrogen) atoms. The number of para-hydroxylation sites is 1. The van der Waals surface area contributed by atoms with Crippen molar-refractivity contribution in [2.24, 2.45) is 0 Å². The van der Waals surface area contributed by atoms with E-state index in [2.05, 4.69) is 5.32 Å². The van der Waals surface area contributed by atoms with E-state index in [-0.39, 0.29) is 5.75 Å². The molecule has 2 aromatic carbocycles. The van der Waals surface area contributed by atoms with Crippen LogP contribution in [0.4, 0.5) is 5.69 Å². The summed E-state index contributed by atoms with van der Waals surface area (Å²) >= 11 is 0. The number of benzene rings is 2. The molecule has 2 aromatic rings. The van der Waals surface area contributed by atoms with Gasteiger partial charge in [0.1, 0.15) is 0 Å². The van der Waals surface area contributed by atoms with Crippen molar-refractivity contribution in [1.29, 1.82) is 0 Å². The lowest BCUT2D eigenvalue weighted by molar-refractivity contribution is 0.339. The SMILES string of the molecule is COc1cc(CNc2ccccc2)cc(OC)c1O.